The molecule has 1 aromatic heterocycles. The Morgan fingerprint density at radius 2 is 2.58 bits per heavy atom. The molecule has 0 aliphatic heterocycles. The van der Waals surface area contributed by atoms with Gasteiger partial charge in [-0.15, -0.1) is 11.3 Å². The fourth-order valence-electron chi connectivity index (χ4n) is 0.651. The zero-order valence-corrected chi connectivity index (χ0v) is 8.98. The van der Waals surface area contributed by atoms with Crippen molar-refractivity contribution in [2.24, 2.45) is 0 Å². The highest BCUT2D eigenvalue weighted by Gasteiger charge is 2.05. The lowest BCUT2D eigenvalue weighted by Crippen LogP contribution is -2.22. The lowest BCUT2D eigenvalue weighted by atomic mass is 10.3. The summed E-state index contributed by atoms with van der Waals surface area (Å²) in [5, 5.41) is 12.4. The van der Waals surface area contributed by atoms with Crippen LogP contribution in [0.25, 0.3) is 0 Å². The predicted octanol–water partition coefficient (Wildman–Crippen LogP) is 1.61. The van der Waals surface area contributed by atoms with Crippen molar-refractivity contribution in [3.63, 3.8) is 0 Å². The van der Waals surface area contributed by atoms with Gasteiger partial charge in [0.15, 0.2) is 0 Å². The van der Waals surface area contributed by atoms with E-state index in [0.29, 0.717) is 5.56 Å². The van der Waals surface area contributed by atoms with Gasteiger partial charge in [-0.25, -0.2) is 0 Å². The molecule has 0 unspecified atom stereocenters. The third-order valence-corrected chi connectivity index (χ3v) is 2.95. The molecule has 0 atom stereocenters. The van der Waals surface area contributed by atoms with Crippen molar-refractivity contribution in [2.75, 3.05) is 6.54 Å². The fourth-order valence-corrected chi connectivity index (χ4v) is 1.98. The molecule has 0 bridgehead atoms. The highest BCUT2D eigenvalue weighted by Crippen LogP contribution is 2.16. The van der Waals surface area contributed by atoms with Crippen molar-refractivity contribution < 1.29 is 4.79 Å². The van der Waals surface area contributed by atoms with Crippen molar-refractivity contribution in [3.8, 4) is 6.07 Å². The molecule has 0 saturated heterocycles. The number of hydrogen-bond acceptors (Lipinski definition) is 3. The van der Waals surface area contributed by atoms with Crippen molar-refractivity contribution in [1.29, 1.82) is 5.26 Å². The van der Waals surface area contributed by atoms with Crippen molar-refractivity contribution in [3.05, 3.63) is 19.9 Å². The van der Waals surface area contributed by atoms with E-state index in [2.05, 4.69) is 27.9 Å². The minimum Gasteiger partial charge on any atom is -0.339 e. The van der Waals surface area contributed by atoms with Gasteiger partial charge in [0.2, 0.25) is 0 Å². The molecule has 0 radical (unpaired) electrons. The predicted molar refractivity (Wildman–Crippen MR) is 55.0 cm³/mol. The Kier molecular flexibility index (Phi) is 3.49. The van der Waals surface area contributed by atoms with Crippen LogP contribution in [0.1, 0.15) is 10.4 Å². The summed E-state index contributed by atoms with van der Waals surface area (Å²) < 4.78 is 1.06. The van der Waals surface area contributed by atoms with Gasteiger partial charge in [-0.1, -0.05) is 0 Å². The zero-order valence-electron chi connectivity index (χ0n) is 6.00. The van der Waals surface area contributed by atoms with Gasteiger partial charge in [-0.3, -0.25) is 4.79 Å². The fraction of sp³-hybridized carbons (Fsp3) is 0.143. The smallest absolute Gasteiger partial charge is 0.252 e. The number of halogens is 1. The average Bonchev–Trinajstić information content (AvgIpc) is 2.47. The van der Waals surface area contributed by atoms with E-state index in [9.17, 15) is 4.79 Å². The molecule has 1 aromatic rings. The minimum atomic E-state index is -0.185. The molecular formula is C7H5IN2OS. The van der Waals surface area contributed by atoms with Gasteiger partial charge in [0.25, 0.3) is 5.91 Å². The molecular weight excluding hydrogens is 287 g/mol. The Morgan fingerprint density at radius 1 is 1.83 bits per heavy atom. The number of hydrogen-bond donors (Lipinski definition) is 1. The minimum absolute atomic E-state index is 0.0608. The molecule has 0 fully saturated rings. The molecule has 0 saturated carbocycles. The quantitative estimate of drug-likeness (QED) is 0.665. The molecule has 0 spiro atoms. The summed E-state index contributed by atoms with van der Waals surface area (Å²) >= 11 is 3.65. The van der Waals surface area contributed by atoms with E-state index >= 15 is 0 Å². The number of carbonyl (C=O) groups excluding carboxylic acids is 1. The van der Waals surface area contributed by atoms with Gasteiger partial charge >= 0.3 is 0 Å². The van der Waals surface area contributed by atoms with E-state index in [0.717, 1.165) is 2.88 Å². The van der Waals surface area contributed by atoms with Gasteiger partial charge in [0, 0.05) is 5.38 Å². The summed E-state index contributed by atoms with van der Waals surface area (Å²) in [5.74, 6) is -0.185. The van der Waals surface area contributed by atoms with E-state index in [-0.39, 0.29) is 12.5 Å². The third kappa shape index (κ3) is 2.46. The van der Waals surface area contributed by atoms with Crippen LogP contribution >= 0.6 is 33.9 Å². The van der Waals surface area contributed by atoms with Crippen LogP contribution in [-0.2, 0) is 0 Å². The van der Waals surface area contributed by atoms with Crippen LogP contribution in [0.2, 0.25) is 0 Å². The van der Waals surface area contributed by atoms with Crippen LogP contribution in [0.4, 0.5) is 0 Å². The summed E-state index contributed by atoms with van der Waals surface area (Å²) in [5.41, 5.74) is 0.625. The number of nitrogens with zero attached hydrogens (tertiary/aromatic N) is 1. The first kappa shape index (κ1) is 9.48. The van der Waals surface area contributed by atoms with E-state index in [1.165, 1.54) is 11.3 Å². The first-order valence-electron chi connectivity index (χ1n) is 3.13. The summed E-state index contributed by atoms with van der Waals surface area (Å²) in [7, 11) is 0. The maximum absolute atomic E-state index is 11.2. The highest BCUT2D eigenvalue weighted by atomic mass is 127. The second-order valence-corrected chi connectivity index (χ2v) is 4.79. The Bertz CT molecular complexity index is 328. The molecule has 1 rings (SSSR count). The van der Waals surface area contributed by atoms with Crippen LogP contribution in [0.3, 0.4) is 0 Å². The molecule has 0 aliphatic carbocycles. The normalized spacial score (nSPS) is 9.00. The zero-order chi connectivity index (χ0) is 8.97. The molecule has 1 heterocycles. The summed E-state index contributed by atoms with van der Waals surface area (Å²) in [6.45, 7) is 0.0608. The Hall–Kier alpha value is -0.610. The Labute approximate surface area is 87.5 Å². The molecule has 1 N–H and O–H groups in total. The van der Waals surface area contributed by atoms with E-state index in [1.54, 1.807) is 11.4 Å². The SMILES string of the molecule is N#CCNC(=O)c1csc(I)c1. The maximum atomic E-state index is 11.2. The van der Waals surface area contributed by atoms with E-state index < -0.39 is 0 Å². The average molecular weight is 292 g/mol. The maximum Gasteiger partial charge on any atom is 0.252 e. The topological polar surface area (TPSA) is 52.9 Å². The van der Waals surface area contributed by atoms with Crippen LogP contribution < -0.4 is 5.32 Å². The van der Waals surface area contributed by atoms with Crippen LogP contribution in [-0.4, -0.2) is 12.5 Å². The number of carbonyl (C=O) groups is 1. The molecule has 0 aromatic carbocycles. The molecule has 62 valence electrons. The molecule has 1 amide bonds. The van der Waals surface area contributed by atoms with Gasteiger partial charge in [0.1, 0.15) is 6.54 Å². The number of nitrogens with one attached hydrogen (secondary N) is 1. The number of nitriles is 1. The second-order valence-electron chi connectivity index (χ2n) is 1.98. The van der Waals surface area contributed by atoms with Crippen LogP contribution in [0.5, 0.6) is 0 Å². The molecule has 5 heteroatoms. The van der Waals surface area contributed by atoms with E-state index in [4.69, 9.17) is 5.26 Å². The lowest BCUT2D eigenvalue weighted by Gasteiger charge is -1.94. The second kappa shape index (κ2) is 4.42. The number of amides is 1. The third-order valence-electron chi connectivity index (χ3n) is 1.16. The largest absolute Gasteiger partial charge is 0.339 e. The standard InChI is InChI=1S/C7H5IN2OS/c8-6-3-5(4-12-6)7(11)10-2-1-9/h3-4H,2H2,(H,10,11). The van der Waals surface area contributed by atoms with Crippen molar-refractivity contribution in [1.82, 2.24) is 5.32 Å². The summed E-state index contributed by atoms with van der Waals surface area (Å²) in [6, 6.07) is 3.63. The van der Waals surface area contributed by atoms with Gasteiger partial charge in [-0.2, -0.15) is 5.26 Å². The van der Waals surface area contributed by atoms with E-state index in [1.807, 2.05) is 6.07 Å². The number of rotatable bonds is 2. The lowest BCUT2D eigenvalue weighted by molar-refractivity contribution is 0.0959. The van der Waals surface area contributed by atoms with Crippen molar-refractivity contribution >= 4 is 39.8 Å². The first-order chi connectivity index (χ1) is 5.74. The molecule has 12 heavy (non-hydrogen) atoms. The Morgan fingerprint density at radius 3 is 3.08 bits per heavy atom. The van der Waals surface area contributed by atoms with Gasteiger partial charge in [0.05, 0.1) is 14.5 Å². The number of thiophene rings is 1. The Balaban J connectivity index is 2.61. The monoisotopic (exact) mass is 292 g/mol. The first-order valence-corrected chi connectivity index (χ1v) is 5.09. The summed E-state index contributed by atoms with van der Waals surface area (Å²) in [4.78, 5) is 11.2. The van der Waals surface area contributed by atoms with Gasteiger partial charge in [-0.05, 0) is 28.7 Å². The molecule has 3 nitrogen and oxygen atoms in total. The van der Waals surface area contributed by atoms with Crippen molar-refractivity contribution in [2.45, 2.75) is 0 Å². The van der Waals surface area contributed by atoms with Crippen LogP contribution in [0.15, 0.2) is 11.4 Å². The molecule has 0 aliphatic rings. The van der Waals surface area contributed by atoms with Gasteiger partial charge < -0.3 is 5.32 Å². The summed E-state index contributed by atoms with van der Waals surface area (Å²) in [6.07, 6.45) is 0. The highest BCUT2D eigenvalue weighted by molar-refractivity contribution is 14.1. The van der Waals surface area contributed by atoms with Crippen LogP contribution in [0, 0.1) is 14.2 Å².